The summed E-state index contributed by atoms with van der Waals surface area (Å²) in [5, 5.41) is 3.08. The molecule has 0 aliphatic rings. The third-order valence-corrected chi connectivity index (χ3v) is 4.42. The Hall–Kier alpha value is -2.73. The quantitative estimate of drug-likeness (QED) is 0.522. The number of nitrogens with zero attached hydrogens (tertiary/aromatic N) is 2. The summed E-state index contributed by atoms with van der Waals surface area (Å²) in [4.78, 5) is 6.81. The van der Waals surface area contributed by atoms with Crippen molar-refractivity contribution in [1.82, 2.24) is 4.90 Å². The van der Waals surface area contributed by atoms with E-state index in [1.165, 1.54) is 5.56 Å². The van der Waals surface area contributed by atoms with Gasteiger partial charge in [-0.25, -0.2) is 4.99 Å². The average molecular weight is 370 g/mol. The number of hydrogen-bond acceptors (Lipinski definition) is 4. The van der Waals surface area contributed by atoms with Gasteiger partial charge in [0, 0.05) is 12.6 Å². The Morgan fingerprint density at radius 1 is 1.00 bits per heavy atom. The van der Waals surface area contributed by atoms with Gasteiger partial charge >= 0.3 is 0 Å². The molecule has 0 aromatic heterocycles. The van der Waals surface area contributed by atoms with Crippen LogP contribution in [-0.4, -0.2) is 38.2 Å². The van der Waals surface area contributed by atoms with Gasteiger partial charge < -0.3 is 20.5 Å². The van der Waals surface area contributed by atoms with E-state index in [-0.39, 0.29) is 0 Å². The number of guanidine groups is 1. The van der Waals surface area contributed by atoms with Crippen molar-refractivity contribution < 1.29 is 9.47 Å². The molecule has 0 fully saturated rings. The molecular weight excluding hydrogens is 340 g/mol. The van der Waals surface area contributed by atoms with E-state index in [0.29, 0.717) is 23.9 Å². The molecule has 0 aliphatic carbocycles. The molecule has 2 aromatic carbocycles. The van der Waals surface area contributed by atoms with Gasteiger partial charge in [-0.05, 0) is 36.3 Å². The third kappa shape index (κ3) is 6.18. The molecule has 27 heavy (non-hydrogen) atoms. The van der Waals surface area contributed by atoms with Gasteiger partial charge in [0.15, 0.2) is 5.96 Å². The summed E-state index contributed by atoms with van der Waals surface area (Å²) in [5.41, 5.74) is 9.17. The van der Waals surface area contributed by atoms with Gasteiger partial charge in [-0.3, -0.25) is 4.90 Å². The lowest BCUT2D eigenvalue weighted by Crippen LogP contribution is -2.23. The second-order valence-electron chi connectivity index (χ2n) is 6.17. The van der Waals surface area contributed by atoms with Crippen molar-refractivity contribution in [3.63, 3.8) is 0 Å². The van der Waals surface area contributed by atoms with E-state index in [0.717, 1.165) is 30.9 Å². The fourth-order valence-corrected chi connectivity index (χ4v) is 2.72. The molecule has 0 unspecified atom stereocenters. The van der Waals surface area contributed by atoms with Crippen LogP contribution < -0.4 is 20.5 Å². The normalized spacial score (nSPS) is 11.5. The minimum absolute atomic E-state index is 0.328. The van der Waals surface area contributed by atoms with Gasteiger partial charge in [-0.2, -0.15) is 0 Å². The van der Waals surface area contributed by atoms with Crippen LogP contribution in [0.3, 0.4) is 0 Å². The standard InChI is InChI=1S/C21H30N4O2/c1-5-25(6-2)15-17-9-7-16(8-10-17)14-23-21(22)24-19-13-18(26-3)11-12-20(19)27-4/h7-13H,5-6,14-15H2,1-4H3,(H3,22,23,24). The maximum atomic E-state index is 6.04. The molecule has 0 bridgehead atoms. The summed E-state index contributed by atoms with van der Waals surface area (Å²) in [7, 11) is 3.23. The zero-order valence-electron chi connectivity index (χ0n) is 16.7. The number of ether oxygens (including phenoxy) is 2. The Morgan fingerprint density at radius 3 is 2.26 bits per heavy atom. The number of nitrogens with two attached hydrogens (primary N) is 1. The Balaban J connectivity index is 1.99. The molecule has 2 rings (SSSR count). The molecule has 0 radical (unpaired) electrons. The molecule has 0 saturated heterocycles. The summed E-state index contributed by atoms with van der Waals surface area (Å²) in [5.74, 6) is 1.72. The van der Waals surface area contributed by atoms with Gasteiger partial charge in [0.05, 0.1) is 26.5 Å². The van der Waals surface area contributed by atoms with Crippen molar-refractivity contribution in [2.24, 2.45) is 10.7 Å². The topological polar surface area (TPSA) is 72.1 Å². The van der Waals surface area contributed by atoms with E-state index in [4.69, 9.17) is 15.2 Å². The first-order chi connectivity index (χ1) is 13.1. The van der Waals surface area contributed by atoms with Crippen molar-refractivity contribution in [3.05, 3.63) is 53.6 Å². The highest BCUT2D eigenvalue weighted by Gasteiger charge is 2.06. The van der Waals surface area contributed by atoms with Gasteiger partial charge in [-0.1, -0.05) is 38.1 Å². The highest BCUT2D eigenvalue weighted by molar-refractivity contribution is 5.94. The first kappa shape index (κ1) is 20.6. The zero-order chi connectivity index (χ0) is 19.6. The van der Waals surface area contributed by atoms with E-state index in [1.807, 2.05) is 18.2 Å². The van der Waals surface area contributed by atoms with Crippen LogP contribution in [0.4, 0.5) is 5.69 Å². The number of nitrogens with one attached hydrogen (secondary N) is 1. The van der Waals surface area contributed by atoms with Gasteiger partial charge in [-0.15, -0.1) is 0 Å². The summed E-state index contributed by atoms with van der Waals surface area (Å²) < 4.78 is 10.6. The van der Waals surface area contributed by atoms with Crippen LogP contribution in [0.25, 0.3) is 0 Å². The second kappa shape index (κ2) is 10.4. The van der Waals surface area contributed by atoms with Crippen LogP contribution in [0.2, 0.25) is 0 Å². The van der Waals surface area contributed by atoms with Crippen LogP contribution in [0.1, 0.15) is 25.0 Å². The zero-order valence-corrected chi connectivity index (χ0v) is 16.7. The maximum absolute atomic E-state index is 6.04. The molecule has 2 aromatic rings. The van der Waals surface area contributed by atoms with Crippen LogP contribution in [0.5, 0.6) is 11.5 Å². The summed E-state index contributed by atoms with van der Waals surface area (Å²) in [6, 6.07) is 14.0. The van der Waals surface area contributed by atoms with Crippen LogP contribution in [0.15, 0.2) is 47.5 Å². The lowest BCUT2D eigenvalue weighted by Gasteiger charge is -2.18. The van der Waals surface area contributed by atoms with Crippen molar-refractivity contribution >= 4 is 11.6 Å². The smallest absolute Gasteiger partial charge is 0.193 e. The average Bonchev–Trinajstić information content (AvgIpc) is 2.71. The Kier molecular flexibility index (Phi) is 7.95. The van der Waals surface area contributed by atoms with Gasteiger partial charge in [0.25, 0.3) is 0 Å². The van der Waals surface area contributed by atoms with Crippen molar-refractivity contribution in [2.45, 2.75) is 26.9 Å². The minimum atomic E-state index is 0.328. The fraction of sp³-hybridized carbons (Fsp3) is 0.381. The molecule has 0 heterocycles. The number of aliphatic imine (C=N–C) groups is 1. The van der Waals surface area contributed by atoms with Crippen LogP contribution in [-0.2, 0) is 13.1 Å². The summed E-state index contributed by atoms with van der Waals surface area (Å²) in [6.45, 7) is 7.95. The number of benzene rings is 2. The van der Waals surface area contributed by atoms with E-state index in [9.17, 15) is 0 Å². The third-order valence-electron chi connectivity index (χ3n) is 4.42. The van der Waals surface area contributed by atoms with Crippen molar-refractivity contribution in [3.8, 4) is 11.5 Å². The second-order valence-corrected chi connectivity index (χ2v) is 6.17. The predicted molar refractivity (Wildman–Crippen MR) is 112 cm³/mol. The predicted octanol–water partition coefficient (Wildman–Crippen LogP) is 3.47. The first-order valence-electron chi connectivity index (χ1n) is 9.18. The molecule has 6 nitrogen and oxygen atoms in total. The van der Waals surface area contributed by atoms with E-state index in [1.54, 1.807) is 14.2 Å². The highest BCUT2D eigenvalue weighted by Crippen LogP contribution is 2.28. The van der Waals surface area contributed by atoms with Crippen molar-refractivity contribution in [1.29, 1.82) is 0 Å². The van der Waals surface area contributed by atoms with Crippen LogP contribution >= 0.6 is 0 Å². The summed E-state index contributed by atoms with van der Waals surface area (Å²) in [6.07, 6.45) is 0. The van der Waals surface area contributed by atoms with Crippen LogP contribution in [0, 0.1) is 0 Å². The van der Waals surface area contributed by atoms with E-state index in [2.05, 4.69) is 53.3 Å². The Bertz CT molecular complexity index is 740. The molecular formula is C21H30N4O2. The maximum Gasteiger partial charge on any atom is 0.193 e. The highest BCUT2D eigenvalue weighted by atomic mass is 16.5. The van der Waals surface area contributed by atoms with Crippen molar-refractivity contribution in [2.75, 3.05) is 32.6 Å². The molecule has 0 spiro atoms. The molecule has 0 aliphatic heterocycles. The largest absolute Gasteiger partial charge is 0.497 e. The number of methoxy groups -OCH3 is 2. The Morgan fingerprint density at radius 2 is 1.67 bits per heavy atom. The lowest BCUT2D eigenvalue weighted by atomic mass is 10.1. The molecule has 0 atom stereocenters. The number of anilines is 1. The number of rotatable bonds is 9. The van der Waals surface area contributed by atoms with E-state index < -0.39 is 0 Å². The van der Waals surface area contributed by atoms with Gasteiger partial charge in [0.2, 0.25) is 0 Å². The first-order valence-corrected chi connectivity index (χ1v) is 9.18. The lowest BCUT2D eigenvalue weighted by molar-refractivity contribution is 0.296. The number of hydrogen-bond donors (Lipinski definition) is 2. The monoisotopic (exact) mass is 370 g/mol. The fourth-order valence-electron chi connectivity index (χ4n) is 2.72. The molecule has 146 valence electrons. The minimum Gasteiger partial charge on any atom is -0.497 e. The Labute approximate surface area is 162 Å². The molecule has 0 saturated carbocycles. The molecule has 6 heteroatoms. The van der Waals surface area contributed by atoms with Gasteiger partial charge in [0.1, 0.15) is 11.5 Å². The molecule has 3 N–H and O–H groups in total. The van der Waals surface area contributed by atoms with E-state index >= 15 is 0 Å². The summed E-state index contributed by atoms with van der Waals surface area (Å²) >= 11 is 0. The SMILES string of the molecule is CCN(CC)Cc1ccc(CN=C(N)Nc2cc(OC)ccc2OC)cc1. The molecule has 0 amide bonds.